The summed E-state index contributed by atoms with van der Waals surface area (Å²) in [5.41, 5.74) is 1.39. The van der Waals surface area contributed by atoms with Gasteiger partial charge in [-0.15, -0.1) is 0 Å². The second-order valence-corrected chi connectivity index (χ2v) is 6.50. The van der Waals surface area contributed by atoms with Gasteiger partial charge in [-0.3, -0.25) is 9.69 Å². The molecule has 0 aliphatic carbocycles. The van der Waals surface area contributed by atoms with Gasteiger partial charge in [-0.25, -0.2) is 0 Å². The van der Waals surface area contributed by atoms with Crippen molar-refractivity contribution in [2.45, 2.75) is 6.54 Å². The van der Waals surface area contributed by atoms with Crippen molar-refractivity contribution in [2.75, 3.05) is 26.0 Å². The van der Waals surface area contributed by atoms with Gasteiger partial charge in [0.05, 0.1) is 29.4 Å². The summed E-state index contributed by atoms with van der Waals surface area (Å²) in [5, 5.41) is 4.31. The van der Waals surface area contributed by atoms with Crippen molar-refractivity contribution in [3.63, 3.8) is 0 Å². The van der Waals surface area contributed by atoms with Crippen molar-refractivity contribution in [2.24, 2.45) is 0 Å². The van der Waals surface area contributed by atoms with Gasteiger partial charge in [-0.05, 0) is 36.9 Å². The van der Waals surface area contributed by atoms with Crippen LogP contribution in [0.15, 0.2) is 36.4 Å². The number of ether oxygens (including phenoxy) is 1. The molecule has 0 unspecified atom stereocenters. The first kappa shape index (κ1) is 18.9. The van der Waals surface area contributed by atoms with E-state index in [0.29, 0.717) is 33.0 Å². The standard InChI is InChI=1S/C17H17Cl3N2O2/c1-22(9-11-4-3-5-13(19)17(11)20)10-16(23)21-14-8-12(18)6-7-15(14)24-2/h3-8H,9-10H2,1-2H3,(H,21,23). The Morgan fingerprint density at radius 3 is 2.67 bits per heavy atom. The molecule has 0 radical (unpaired) electrons. The maximum absolute atomic E-state index is 12.2. The molecule has 0 aromatic heterocycles. The van der Waals surface area contributed by atoms with Crippen LogP contribution in [0.2, 0.25) is 15.1 Å². The van der Waals surface area contributed by atoms with Crippen LogP contribution >= 0.6 is 34.8 Å². The summed E-state index contributed by atoms with van der Waals surface area (Å²) in [6.07, 6.45) is 0. The lowest BCUT2D eigenvalue weighted by atomic mass is 10.2. The van der Waals surface area contributed by atoms with E-state index < -0.39 is 0 Å². The van der Waals surface area contributed by atoms with Gasteiger partial charge in [-0.2, -0.15) is 0 Å². The fraction of sp³-hybridized carbons (Fsp3) is 0.235. The van der Waals surface area contributed by atoms with Gasteiger partial charge >= 0.3 is 0 Å². The number of amides is 1. The van der Waals surface area contributed by atoms with E-state index in [1.807, 2.05) is 24.1 Å². The molecule has 2 aromatic carbocycles. The van der Waals surface area contributed by atoms with Crippen LogP contribution in [0.25, 0.3) is 0 Å². The molecule has 0 saturated carbocycles. The van der Waals surface area contributed by atoms with Crippen LogP contribution in [-0.2, 0) is 11.3 Å². The maximum Gasteiger partial charge on any atom is 0.238 e. The first-order valence-electron chi connectivity index (χ1n) is 7.15. The molecule has 2 aromatic rings. The van der Waals surface area contributed by atoms with Gasteiger partial charge in [0.15, 0.2) is 0 Å². The third-order valence-electron chi connectivity index (χ3n) is 3.32. The van der Waals surface area contributed by atoms with E-state index in [9.17, 15) is 4.79 Å². The molecular weight excluding hydrogens is 371 g/mol. The number of rotatable bonds is 6. The molecule has 0 aliphatic heterocycles. The van der Waals surface area contributed by atoms with Crippen LogP contribution in [0.1, 0.15) is 5.56 Å². The van der Waals surface area contributed by atoms with E-state index in [1.54, 1.807) is 24.3 Å². The number of hydrogen-bond acceptors (Lipinski definition) is 3. The molecule has 0 spiro atoms. The topological polar surface area (TPSA) is 41.6 Å². The van der Waals surface area contributed by atoms with Gasteiger partial charge in [0.2, 0.25) is 5.91 Å². The minimum atomic E-state index is -0.184. The second kappa shape index (κ2) is 8.58. The van der Waals surface area contributed by atoms with Crippen molar-refractivity contribution >= 4 is 46.4 Å². The number of anilines is 1. The molecule has 1 N–H and O–H groups in total. The Kier molecular flexibility index (Phi) is 6.75. The lowest BCUT2D eigenvalue weighted by Gasteiger charge is -2.18. The molecule has 0 bridgehead atoms. The molecule has 24 heavy (non-hydrogen) atoms. The molecule has 0 aliphatic rings. The SMILES string of the molecule is COc1ccc(Cl)cc1NC(=O)CN(C)Cc1cccc(Cl)c1Cl. The third-order valence-corrected chi connectivity index (χ3v) is 4.41. The molecule has 1 amide bonds. The van der Waals surface area contributed by atoms with Crippen LogP contribution in [0, 0.1) is 0 Å². The van der Waals surface area contributed by atoms with Gasteiger partial charge in [0.25, 0.3) is 0 Å². The summed E-state index contributed by atoms with van der Waals surface area (Å²) in [4.78, 5) is 14.1. The predicted molar refractivity (Wildman–Crippen MR) is 99.4 cm³/mol. The zero-order valence-electron chi connectivity index (χ0n) is 13.3. The Morgan fingerprint density at radius 2 is 1.96 bits per heavy atom. The number of halogens is 3. The van der Waals surface area contributed by atoms with Crippen LogP contribution in [0.5, 0.6) is 5.75 Å². The van der Waals surface area contributed by atoms with Crippen molar-refractivity contribution in [3.05, 3.63) is 57.0 Å². The molecule has 0 heterocycles. The third kappa shape index (κ3) is 5.02. The largest absolute Gasteiger partial charge is 0.495 e. The molecule has 0 fully saturated rings. The summed E-state index contributed by atoms with van der Waals surface area (Å²) < 4.78 is 5.21. The summed E-state index contributed by atoms with van der Waals surface area (Å²) in [6.45, 7) is 0.679. The van der Waals surface area contributed by atoms with Crippen molar-refractivity contribution < 1.29 is 9.53 Å². The summed E-state index contributed by atoms with van der Waals surface area (Å²) in [7, 11) is 3.36. The molecule has 4 nitrogen and oxygen atoms in total. The lowest BCUT2D eigenvalue weighted by Crippen LogP contribution is -2.30. The summed E-state index contributed by atoms with van der Waals surface area (Å²) in [6, 6.07) is 10.5. The zero-order valence-corrected chi connectivity index (χ0v) is 15.5. The van der Waals surface area contributed by atoms with E-state index in [1.165, 1.54) is 7.11 Å². The Hall–Kier alpha value is -1.46. The second-order valence-electron chi connectivity index (χ2n) is 5.28. The van der Waals surface area contributed by atoms with E-state index >= 15 is 0 Å². The number of nitrogens with one attached hydrogen (secondary N) is 1. The summed E-state index contributed by atoms with van der Waals surface area (Å²) in [5.74, 6) is 0.365. The minimum Gasteiger partial charge on any atom is -0.495 e. The van der Waals surface area contributed by atoms with Crippen LogP contribution in [0.3, 0.4) is 0 Å². The Balaban J connectivity index is 1.99. The number of likely N-dealkylation sites (N-methyl/N-ethyl adjacent to an activating group) is 1. The zero-order chi connectivity index (χ0) is 17.7. The molecular formula is C17H17Cl3N2O2. The predicted octanol–water partition coefficient (Wildman–Crippen LogP) is 4.73. The quantitative estimate of drug-likeness (QED) is 0.779. The van der Waals surface area contributed by atoms with E-state index in [2.05, 4.69) is 5.32 Å². The van der Waals surface area contributed by atoms with Crippen LogP contribution in [-0.4, -0.2) is 31.5 Å². The highest BCUT2D eigenvalue weighted by Gasteiger charge is 2.13. The Morgan fingerprint density at radius 1 is 1.21 bits per heavy atom. The molecule has 0 atom stereocenters. The van der Waals surface area contributed by atoms with E-state index in [-0.39, 0.29) is 12.5 Å². The minimum absolute atomic E-state index is 0.179. The fourth-order valence-corrected chi connectivity index (χ4v) is 2.78. The number of nitrogens with zero attached hydrogens (tertiary/aromatic N) is 1. The highest BCUT2D eigenvalue weighted by molar-refractivity contribution is 6.42. The normalized spacial score (nSPS) is 10.8. The Bertz CT molecular complexity index is 738. The molecule has 2 rings (SSSR count). The first-order valence-corrected chi connectivity index (χ1v) is 8.29. The number of carbonyl (C=O) groups is 1. The van der Waals surface area contributed by atoms with Gasteiger partial charge in [0, 0.05) is 11.6 Å². The smallest absolute Gasteiger partial charge is 0.238 e. The van der Waals surface area contributed by atoms with E-state index in [0.717, 1.165) is 5.56 Å². The van der Waals surface area contributed by atoms with Gasteiger partial charge in [0.1, 0.15) is 5.75 Å². The number of hydrogen-bond donors (Lipinski definition) is 1. The lowest BCUT2D eigenvalue weighted by molar-refractivity contribution is -0.117. The molecule has 128 valence electrons. The molecule has 7 heteroatoms. The van der Waals surface area contributed by atoms with Crippen molar-refractivity contribution in [3.8, 4) is 5.75 Å². The summed E-state index contributed by atoms with van der Waals surface area (Å²) >= 11 is 18.1. The average molecular weight is 388 g/mol. The van der Waals surface area contributed by atoms with Gasteiger partial charge in [-0.1, -0.05) is 46.9 Å². The Labute approximate surface area is 156 Å². The van der Waals surface area contributed by atoms with Crippen LogP contribution in [0.4, 0.5) is 5.69 Å². The number of carbonyl (C=O) groups excluding carboxylic acids is 1. The highest BCUT2D eigenvalue weighted by atomic mass is 35.5. The highest BCUT2D eigenvalue weighted by Crippen LogP contribution is 2.28. The molecule has 0 saturated heterocycles. The average Bonchev–Trinajstić information content (AvgIpc) is 2.52. The van der Waals surface area contributed by atoms with E-state index in [4.69, 9.17) is 39.5 Å². The van der Waals surface area contributed by atoms with Crippen molar-refractivity contribution in [1.82, 2.24) is 4.90 Å². The number of benzene rings is 2. The van der Waals surface area contributed by atoms with Crippen LogP contribution < -0.4 is 10.1 Å². The number of methoxy groups -OCH3 is 1. The maximum atomic E-state index is 12.2. The monoisotopic (exact) mass is 386 g/mol. The first-order chi connectivity index (χ1) is 11.4. The van der Waals surface area contributed by atoms with Crippen molar-refractivity contribution in [1.29, 1.82) is 0 Å². The van der Waals surface area contributed by atoms with Gasteiger partial charge < -0.3 is 10.1 Å². The fourth-order valence-electron chi connectivity index (χ4n) is 2.23.